The van der Waals surface area contributed by atoms with E-state index in [2.05, 4.69) is 16.3 Å². The number of nitrogens with one attached hydrogen (secondary N) is 1. The first-order valence-corrected chi connectivity index (χ1v) is 8.99. The van der Waals surface area contributed by atoms with Gasteiger partial charge in [0.05, 0.1) is 0 Å². The standard InChI is InChI=1S/C21H24N2O2/c1-14-6-10-18(11-7-14)25-15(2)21(24)22-20-5-3-4-16-12-23(13-19(16)20)17-8-9-17/h3-7,10-11,15,17H,8-9,12-13H2,1-2H3,(H,22,24). The normalized spacial score (nSPS) is 17.8. The van der Waals surface area contributed by atoms with Crippen LogP contribution in [0.15, 0.2) is 42.5 Å². The van der Waals surface area contributed by atoms with Gasteiger partial charge in [0, 0.05) is 24.8 Å². The Balaban J connectivity index is 1.43. The number of hydrogen-bond donors (Lipinski definition) is 1. The zero-order valence-corrected chi connectivity index (χ0v) is 14.8. The minimum Gasteiger partial charge on any atom is -0.481 e. The van der Waals surface area contributed by atoms with Gasteiger partial charge in [-0.05, 0) is 56.0 Å². The Morgan fingerprint density at radius 2 is 1.92 bits per heavy atom. The first-order chi connectivity index (χ1) is 12.1. The molecule has 25 heavy (non-hydrogen) atoms. The highest BCUT2D eigenvalue weighted by Gasteiger charge is 2.34. The average molecular weight is 336 g/mol. The summed E-state index contributed by atoms with van der Waals surface area (Å²) in [7, 11) is 0. The molecule has 0 saturated heterocycles. The Kier molecular flexibility index (Phi) is 4.22. The molecule has 2 aromatic carbocycles. The van der Waals surface area contributed by atoms with Gasteiger partial charge in [-0.25, -0.2) is 0 Å². The summed E-state index contributed by atoms with van der Waals surface area (Å²) in [5, 5.41) is 3.06. The molecule has 0 spiro atoms. The lowest BCUT2D eigenvalue weighted by Gasteiger charge is -2.17. The Hall–Kier alpha value is -2.33. The highest BCUT2D eigenvalue weighted by molar-refractivity contribution is 5.95. The van der Waals surface area contributed by atoms with Crippen molar-refractivity contribution in [2.24, 2.45) is 0 Å². The smallest absolute Gasteiger partial charge is 0.265 e. The topological polar surface area (TPSA) is 41.6 Å². The number of nitrogens with zero attached hydrogens (tertiary/aromatic N) is 1. The van der Waals surface area contributed by atoms with E-state index in [9.17, 15) is 4.79 Å². The molecule has 4 heteroatoms. The molecule has 1 N–H and O–H groups in total. The summed E-state index contributed by atoms with van der Waals surface area (Å²) in [6.45, 7) is 5.75. The van der Waals surface area contributed by atoms with Gasteiger partial charge in [0.15, 0.2) is 6.10 Å². The van der Waals surface area contributed by atoms with Gasteiger partial charge >= 0.3 is 0 Å². The first-order valence-electron chi connectivity index (χ1n) is 8.99. The number of amides is 1. The number of carbonyl (C=O) groups is 1. The maximum absolute atomic E-state index is 12.6. The summed E-state index contributed by atoms with van der Waals surface area (Å²) in [6.07, 6.45) is 2.06. The number of hydrogen-bond acceptors (Lipinski definition) is 3. The number of fused-ring (bicyclic) bond motifs is 1. The third-order valence-electron chi connectivity index (χ3n) is 5.03. The van der Waals surface area contributed by atoms with Crippen LogP contribution in [0.2, 0.25) is 0 Å². The third kappa shape index (κ3) is 3.54. The molecule has 1 atom stereocenters. The highest BCUT2D eigenvalue weighted by atomic mass is 16.5. The van der Waals surface area contributed by atoms with Crippen LogP contribution in [0.5, 0.6) is 5.75 Å². The highest BCUT2D eigenvalue weighted by Crippen LogP contribution is 2.37. The van der Waals surface area contributed by atoms with Crippen LogP contribution in [0.1, 0.15) is 36.5 Å². The number of aryl methyl sites for hydroxylation is 1. The molecule has 1 unspecified atom stereocenters. The first kappa shape index (κ1) is 16.2. The lowest BCUT2D eigenvalue weighted by atomic mass is 10.1. The second-order valence-electron chi connectivity index (χ2n) is 7.14. The van der Waals surface area contributed by atoms with E-state index in [1.165, 1.54) is 29.5 Å². The number of carbonyl (C=O) groups excluding carboxylic acids is 1. The molecule has 1 heterocycles. The number of anilines is 1. The SMILES string of the molecule is Cc1ccc(OC(C)C(=O)Nc2cccc3c2CN(C2CC2)C3)cc1. The zero-order chi connectivity index (χ0) is 17.4. The fourth-order valence-electron chi connectivity index (χ4n) is 3.37. The van der Waals surface area contributed by atoms with E-state index in [4.69, 9.17) is 4.74 Å². The number of benzene rings is 2. The van der Waals surface area contributed by atoms with Crippen molar-refractivity contribution in [2.45, 2.75) is 51.9 Å². The van der Waals surface area contributed by atoms with Crippen LogP contribution in [-0.2, 0) is 17.9 Å². The maximum atomic E-state index is 12.6. The van der Waals surface area contributed by atoms with Crippen molar-refractivity contribution in [2.75, 3.05) is 5.32 Å². The summed E-state index contributed by atoms with van der Waals surface area (Å²) in [5.41, 5.74) is 4.68. The van der Waals surface area contributed by atoms with Gasteiger partial charge in [-0.3, -0.25) is 9.69 Å². The van der Waals surface area contributed by atoms with E-state index in [-0.39, 0.29) is 5.91 Å². The molecule has 1 fully saturated rings. The summed E-state index contributed by atoms with van der Waals surface area (Å²) < 4.78 is 5.77. The van der Waals surface area contributed by atoms with Crippen LogP contribution in [0.4, 0.5) is 5.69 Å². The molecule has 1 saturated carbocycles. The van der Waals surface area contributed by atoms with E-state index in [1.807, 2.05) is 43.3 Å². The minimum atomic E-state index is -0.542. The predicted molar refractivity (Wildman–Crippen MR) is 98.6 cm³/mol. The Morgan fingerprint density at radius 3 is 2.64 bits per heavy atom. The van der Waals surface area contributed by atoms with E-state index < -0.39 is 6.10 Å². The monoisotopic (exact) mass is 336 g/mol. The van der Waals surface area contributed by atoms with Crippen LogP contribution in [-0.4, -0.2) is 23.0 Å². The van der Waals surface area contributed by atoms with Gasteiger partial charge in [0.2, 0.25) is 0 Å². The average Bonchev–Trinajstić information content (AvgIpc) is 3.36. The second-order valence-corrected chi connectivity index (χ2v) is 7.14. The van der Waals surface area contributed by atoms with Crippen molar-refractivity contribution >= 4 is 11.6 Å². The van der Waals surface area contributed by atoms with Gasteiger partial charge in [-0.15, -0.1) is 0 Å². The van der Waals surface area contributed by atoms with Crippen LogP contribution in [0, 0.1) is 6.92 Å². The Bertz CT molecular complexity index is 781. The van der Waals surface area contributed by atoms with Crippen molar-refractivity contribution < 1.29 is 9.53 Å². The van der Waals surface area contributed by atoms with Crippen LogP contribution in [0.25, 0.3) is 0 Å². The van der Waals surface area contributed by atoms with Gasteiger partial charge in [0.25, 0.3) is 5.91 Å². The molecular weight excluding hydrogens is 312 g/mol. The van der Waals surface area contributed by atoms with Gasteiger partial charge in [-0.1, -0.05) is 29.8 Å². The molecule has 4 rings (SSSR count). The third-order valence-corrected chi connectivity index (χ3v) is 5.03. The number of ether oxygens (including phenoxy) is 1. The van der Waals surface area contributed by atoms with Crippen molar-refractivity contribution in [3.05, 3.63) is 59.2 Å². The fraction of sp³-hybridized carbons (Fsp3) is 0.381. The molecule has 2 aromatic rings. The summed E-state index contributed by atoms with van der Waals surface area (Å²) in [6, 6.07) is 14.7. The quantitative estimate of drug-likeness (QED) is 0.901. The van der Waals surface area contributed by atoms with Crippen LogP contribution in [0.3, 0.4) is 0 Å². The molecule has 1 amide bonds. The minimum absolute atomic E-state index is 0.112. The Morgan fingerprint density at radius 1 is 1.16 bits per heavy atom. The summed E-state index contributed by atoms with van der Waals surface area (Å²) >= 11 is 0. The maximum Gasteiger partial charge on any atom is 0.265 e. The molecule has 0 radical (unpaired) electrons. The fourth-order valence-corrected chi connectivity index (χ4v) is 3.37. The van der Waals surface area contributed by atoms with Crippen molar-refractivity contribution in [1.29, 1.82) is 0 Å². The van der Waals surface area contributed by atoms with Gasteiger partial charge < -0.3 is 10.1 Å². The van der Waals surface area contributed by atoms with Gasteiger partial charge in [0.1, 0.15) is 5.75 Å². The molecular formula is C21H24N2O2. The largest absolute Gasteiger partial charge is 0.481 e. The van der Waals surface area contributed by atoms with E-state index in [0.717, 1.165) is 24.8 Å². The van der Waals surface area contributed by atoms with Crippen molar-refractivity contribution in [3.63, 3.8) is 0 Å². The van der Waals surface area contributed by atoms with E-state index in [1.54, 1.807) is 6.92 Å². The van der Waals surface area contributed by atoms with Crippen LogP contribution < -0.4 is 10.1 Å². The molecule has 0 aromatic heterocycles. The predicted octanol–water partition coefficient (Wildman–Crippen LogP) is 3.88. The van der Waals surface area contributed by atoms with Gasteiger partial charge in [-0.2, -0.15) is 0 Å². The lowest BCUT2D eigenvalue weighted by Crippen LogP contribution is -2.30. The zero-order valence-electron chi connectivity index (χ0n) is 14.8. The molecule has 2 aliphatic rings. The summed E-state index contributed by atoms with van der Waals surface area (Å²) in [5.74, 6) is 0.602. The molecule has 1 aliphatic carbocycles. The lowest BCUT2D eigenvalue weighted by molar-refractivity contribution is -0.122. The van der Waals surface area contributed by atoms with Crippen LogP contribution >= 0.6 is 0 Å². The molecule has 0 bridgehead atoms. The van der Waals surface area contributed by atoms with E-state index in [0.29, 0.717) is 5.75 Å². The molecule has 1 aliphatic heterocycles. The summed E-state index contributed by atoms with van der Waals surface area (Å²) in [4.78, 5) is 15.1. The number of rotatable bonds is 5. The van der Waals surface area contributed by atoms with Crippen molar-refractivity contribution in [1.82, 2.24) is 4.90 Å². The second kappa shape index (κ2) is 6.52. The van der Waals surface area contributed by atoms with E-state index >= 15 is 0 Å². The Labute approximate surface area is 148 Å². The molecule has 130 valence electrons. The van der Waals surface area contributed by atoms with Crippen molar-refractivity contribution in [3.8, 4) is 5.75 Å². The molecule has 4 nitrogen and oxygen atoms in total.